The molecular weight excluding hydrogens is 423 g/mol. The number of halogens is 5. The zero-order valence-electron chi connectivity index (χ0n) is 15.6. The van der Waals surface area contributed by atoms with Crippen LogP contribution in [0.25, 0.3) is 11.3 Å². The van der Waals surface area contributed by atoms with Gasteiger partial charge in [0.1, 0.15) is 12.4 Å². The Labute approximate surface area is 172 Å². The van der Waals surface area contributed by atoms with Gasteiger partial charge >= 0.3 is 12.2 Å². The standard InChI is InChI=1S/C20H13F5N4O2/c21-13-9-14(22)17(26-10-13)28-19(30)29-6-7-31-16-5-4-15(27-18(16)29)11-2-1-3-12(8-11)20(23,24)25/h1-5,8-10H,6-7H2,(H,26,28,30). The fraction of sp³-hybridized carbons (Fsp3) is 0.150. The summed E-state index contributed by atoms with van der Waals surface area (Å²) in [5.41, 5.74) is -0.470. The van der Waals surface area contributed by atoms with Gasteiger partial charge < -0.3 is 4.74 Å². The first kappa shape index (κ1) is 20.5. The molecule has 31 heavy (non-hydrogen) atoms. The van der Waals surface area contributed by atoms with E-state index in [1.165, 1.54) is 24.3 Å². The quantitative estimate of drug-likeness (QED) is 0.582. The highest BCUT2D eigenvalue weighted by Crippen LogP contribution is 2.35. The molecule has 0 radical (unpaired) electrons. The number of carbonyl (C=O) groups is 1. The Kier molecular flexibility index (Phi) is 5.17. The molecule has 0 spiro atoms. The second-order valence-corrected chi connectivity index (χ2v) is 6.51. The molecule has 1 aliphatic rings. The highest BCUT2D eigenvalue weighted by atomic mass is 19.4. The Morgan fingerprint density at radius 2 is 1.94 bits per heavy atom. The first-order valence-corrected chi connectivity index (χ1v) is 8.93. The summed E-state index contributed by atoms with van der Waals surface area (Å²) in [6.45, 7) is 0.158. The molecule has 1 aliphatic heterocycles. The average molecular weight is 436 g/mol. The number of hydrogen-bond donors (Lipinski definition) is 1. The molecular formula is C20H13F5N4O2. The molecule has 0 saturated heterocycles. The van der Waals surface area contributed by atoms with Gasteiger partial charge in [-0.15, -0.1) is 0 Å². The minimum absolute atomic E-state index is 0.0424. The third kappa shape index (κ3) is 4.25. The number of ether oxygens (including phenoxy) is 1. The smallest absolute Gasteiger partial charge is 0.416 e. The molecule has 2 aromatic heterocycles. The number of pyridine rings is 2. The summed E-state index contributed by atoms with van der Waals surface area (Å²) in [6, 6.07) is 7.30. The Balaban J connectivity index is 1.66. The summed E-state index contributed by atoms with van der Waals surface area (Å²) in [7, 11) is 0. The highest BCUT2D eigenvalue weighted by Gasteiger charge is 2.31. The van der Waals surface area contributed by atoms with Gasteiger partial charge in [-0.1, -0.05) is 12.1 Å². The number of hydrogen-bond acceptors (Lipinski definition) is 4. The second-order valence-electron chi connectivity index (χ2n) is 6.51. The molecule has 11 heteroatoms. The third-order valence-corrected chi connectivity index (χ3v) is 4.43. The molecule has 4 rings (SSSR count). The molecule has 0 fully saturated rings. The Bertz CT molecular complexity index is 1150. The molecule has 0 saturated carbocycles. The second kappa shape index (κ2) is 7.82. The predicted molar refractivity (Wildman–Crippen MR) is 101 cm³/mol. The molecule has 0 bridgehead atoms. The number of nitrogens with one attached hydrogen (secondary N) is 1. The monoisotopic (exact) mass is 436 g/mol. The zero-order chi connectivity index (χ0) is 22.2. The van der Waals surface area contributed by atoms with Crippen molar-refractivity contribution in [3.63, 3.8) is 0 Å². The fourth-order valence-electron chi connectivity index (χ4n) is 2.98. The normalized spacial score (nSPS) is 13.4. The maximum absolute atomic E-state index is 13.8. The first-order valence-electron chi connectivity index (χ1n) is 8.93. The van der Waals surface area contributed by atoms with Crippen molar-refractivity contribution < 1.29 is 31.5 Å². The van der Waals surface area contributed by atoms with Gasteiger partial charge in [0.2, 0.25) is 0 Å². The van der Waals surface area contributed by atoms with Crippen molar-refractivity contribution in [3.8, 4) is 17.0 Å². The summed E-state index contributed by atoms with van der Waals surface area (Å²) < 4.78 is 71.4. The van der Waals surface area contributed by atoms with Crippen molar-refractivity contribution in [3.05, 3.63) is 65.9 Å². The average Bonchev–Trinajstić information content (AvgIpc) is 2.74. The number of rotatable bonds is 2. The lowest BCUT2D eigenvalue weighted by Crippen LogP contribution is -2.41. The molecule has 0 atom stereocenters. The SMILES string of the molecule is O=C(Nc1ncc(F)cc1F)N1CCOc2ccc(-c3cccc(C(F)(F)F)c3)nc21. The number of carbonyl (C=O) groups excluding carboxylic acids is 1. The summed E-state index contributed by atoms with van der Waals surface area (Å²) in [5, 5.41) is 2.23. The van der Waals surface area contributed by atoms with Crippen LogP contribution in [0, 0.1) is 11.6 Å². The summed E-state index contributed by atoms with van der Waals surface area (Å²) in [6.07, 6.45) is -3.78. The lowest BCUT2D eigenvalue weighted by atomic mass is 10.1. The molecule has 3 aromatic rings. The van der Waals surface area contributed by atoms with Crippen molar-refractivity contribution in [1.82, 2.24) is 9.97 Å². The van der Waals surface area contributed by atoms with Gasteiger partial charge in [0.05, 0.1) is 24.0 Å². The van der Waals surface area contributed by atoms with Crippen LogP contribution in [0.5, 0.6) is 5.75 Å². The van der Waals surface area contributed by atoms with Crippen molar-refractivity contribution in [1.29, 1.82) is 0 Å². The van der Waals surface area contributed by atoms with Crippen LogP contribution in [0.3, 0.4) is 0 Å². The number of urea groups is 1. The van der Waals surface area contributed by atoms with Gasteiger partial charge in [0.15, 0.2) is 23.2 Å². The number of benzene rings is 1. The Morgan fingerprint density at radius 1 is 1.13 bits per heavy atom. The maximum Gasteiger partial charge on any atom is 0.416 e. The first-order chi connectivity index (χ1) is 14.7. The van der Waals surface area contributed by atoms with Crippen molar-refractivity contribution in [2.75, 3.05) is 23.4 Å². The Hall–Kier alpha value is -3.76. The van der Waals surface area contributed by atoms with E-state index in [0.29, 0.717) is 6.07 Å². The fourth-order valence-corrected chi connectivity index (χ4v) is 2.98. The van der Waals surface area contributed by atoms with Crippen LogP contribution >= 0.6 is 0 Å². The van der Waals surface area contributed by atoms with E-state index >= 15 is 0 Å². The third-order valence-electron chi connectivity index (χ3n) is 4.43. The highest BCUT2D eigenvalue weighted by molar-refractivity contribution is 6.02. The van der Waals surface area contributed by atoms with Crippen LogP contribution < -0.4 is 15.0 Å². The number of aromatic nitrogens is 2. The minimum atomic E-state index is -4.52. The van der Waals surface area contributed by atoms with E-state index in [0.717, 1.165) is 23.2 Å². The van der Waals surface area contributed by atoms with Crippen molar-refractivity contribution in [2.24, 2.45) is 0 Å². The van der Waals surface area contributed by atoms with Gasteiger partial charge in [-0.25, -0.2) is 23.5 Å². The van der Waals surface area contributed by atoms with Crippen LogP contribution in [-0.2, 0) is 6.18 Å². The summed E-state index contributed by atoms with van der Waals surface area (Å²) in [5.74, 6) is -2.17. The van der Waals surface area contributed by atoms with E-state index in [1.54, 1.807) is 0 Å². The molecule has 160 valence electrons. The Morgan fingerprint density at radius 3 is 2.68 bits per heavy atom. The van der Waals surface area contributed by atoms with Gasteiger partial charge in [0.25, 0.3) is 0 Å². The van der Waals surface area contributed by atoms with Crippen LogP contribution in [0.15, 0.2) is 48.7 Å². The largest absolute Gasteiger partial charge is 0.488 e. The van der Waals surface area contributed by atoms with Gasteiger partial charge in [-0.2, -0.15) is 13.2 Å². The number of anilines is 2. The predicted octanol–water partition coefficient (Wildman–Crippen LogP) is 4.87. The molecule has 0 aliphatic carbocycles. The zero-order valence-corrected chi connectivity index (χ0v) is 15.6. The number of fused-ring (bicyclic) bond motifs is 1. The van der Waals surface area contributed by atoms with E-state index in [1.807, 2.05) is 0 Å². The lowest BCUT2D eigenvalue weighted by Gasteiger charge is -2.28. The lowest BCUT2D eigenvalue weighted by molar-refractivity contribution is -0.137. The maximum atomic E-state index is 13.8. The van der Waals surface area contributed by atoms with Crippen LogP contribution in [0.1, 0.15) is 5.56 Å². The summed E-state index contributed by atoms with van der Waals surface area (Å²) >= 11 is 0. The molecule has 0 unspecified atom stereocenters. The van der Waals surface area contributed by atoms with Crippen LogP contribution in [0.2, 0.25) is 0 Å². The van der Waals surface area contributed by atoms with Crippen LogP contribution in [0.4, 0.5) is 38.4 Å². The number of amides is 2. The van der Waals surface area contributed by atoms with E-state index in [-0.39, 0.29) is 36.0 Å². The molecule has 6 nitrogen and oxygen atoms in total. The van der Waals surface area contributed by atoms with Crippen molar-refractivity contribution >= 4 is 17.7 Å². The molecule has 1 aromatic carbocycles. The molecule has 1 N–H and O–H groups in total. The number of alkyl halides is 3. The van der Waals surface area contributed by atoms with E-state index < -0.39 is 35.2 Å². The van der Waals surface area contributed by atoms with Gasteiger partial charge in [0, 0.05) is 11.6 Å². The number of nitrogens with zero attached hydrogens (tertiary/aromatic N) is 3. The summed E-state index contributed by atoms with van der Waals surface area (Å²) in [4.78, 5) is 21.6. The van der Waals surface area contributed by atoms with Crippen LogP contribution in [-0.4, -0.2) is 29.2 Å². The minimum Gasteiger partial charge on any atom is -0.488 e. The van der Waals surface area contributed by atoms with Gasteiger partial charge in [-0.3, -0.25) is 10.2 Å². The van der Waals surface area contributed by atoms with Crippen molar-refractivity contribution in [2.45, 2.75) is 6.18 Å². The van der Waals surface area contributed by atoms with E-state index in [9.17, 15) is 26.7 Å². The van der Waals surface area contributed by atoms with E-state index in [4.69, 9.17) is 4.74 Å². The van der Waals surface area contributed by atoms with Gasteiger partial charge in [-0.05, 0) is 24.3 Å². The van der Waals surface area contributed by atoms with E-state index in [2.05, 4.69) is 15.3 Å². The topological polar surface area (TPSA) is 67.4 Å². The molecule has 3 heterocycles. The molecule has 2 amide bonds.